The fourth-order valence-corrected chi connectivity index (χ4v) is 1.94. The van der Waals surface area contributed by atoms with E-state index in [2.05, 4.69) is 12.2 Å². The van der Waals surface area contributed by atoms with Crippen molar-refractivity contribution >= 4 is 23.6 Å². The molecule has 0 aromatic heterocycles. The largest absolute Gasteiger partial charge is 0.366 e. The summed E-state index contributed by atoms with van der Waals surface area (Å²) in [4.78, 5) is 22.8. The third-order valence-electron chi connectivity index (χ3n) is 3.25. The van der Waals surface area contributed by atoms with Gasteiger partial charge in [0.2, 0.25) is 11.8 Å². The van der Waals surface area contributed by atoms with E-state index in [0.29, 0.717) is 11.3 Å². The highest BCUT2D eigenvalue weighted by Crippen LogP contribution is 2.10. The highest BCUT2D eigenvalue weighted by atomic mass is 16.1. The molecule has 2 amide bonds. The van der Waals surface area contributed by atoms with Crippen LogP contribution in [-0.2, 0) is 11.2 Å². The number of carbonyl (C=O) groups is 2. The van der Waals surface area contributed by atoms with Crippen molar-refractivity contribution in [2.75, 3.05) is 5.32 Å². The van der Waals surface area contributed by atoms with E-state index in [1.165, 1.54) is 11.6 Å². The summed E-state index contributed by atoms with van der Waals surface area (Å²) >= 11 is 0. The van der Waals surface area contributed by atoms with Gasteiger partial charge in [0, 0.05) is 17.3 Å². The molecule has 0 unspecified atom stereocenters. The van der Waals surface area contributed by atoms with E-state index in [4.69, 9.17) is 5.73 Å². The van der Waals surface area contributed by atoms with Gasteiger partial charge in [0.15, 0.2) is 0 Å². The molecule has 0 aliphatic carbocycles. The zero-order chi connectivity index (χ0) is 15.9. The van der Waals surface area contributed by atoms with Gasteiger partial charge in [-0.2, -0.15) is 0 Å². The molecule has 4 nitrogen and oxygen atoms in total. The summed E-state index contributed by atoms with van der Waals surface area (Å²) in [6.45, 7) is 2.10. The van der Waals surface area contributed by atoms with Crippen LogP contribution in [0, 0.1) is 0 Å². The lowest BCUT2D eigenvalue weighted by Gasteiger charge is -2.03. The van der Waals surface area contributed by atoms with Crippen LogP contribution in [0.4, 0.5) is 5.69 Å². The predicted molar refractivity (Wildman–Crippen MR) is 88.4 cm³/mol. The maximum Gasteiger partial charge on any atom is 0.248 e. The highest BCUT2D eigenvalue weighted by Gasteiger charge is 2.01. The quantitative estimate of drug-likeness (QED) is 0.832. The molecule has 0 fully saturated rings. The van der Waals surface area contributed by atoms with Gasteiger partial charge in [-0.1, -0.05) is 31.2 Å². The number of carbonyl (C=O) groups excluding carboxylic acids is 2. The van der Waals surface area contributed by atoms with Crippen LogP contribution in [0.2, 0.25) is 0 Å². The van der Waals surface area contributed by atoms with Gasteiger partial charge in [-0.3, -0.25) is 9.59 Å². The summed E-state index contributed by atoms with van der Waals surface area (Å²) < 4.78 is 0. The van der Waals surface area contributed by atoms with Crippen molar-refractivity contribution in [3.05, 3.63) is 71.3 Å². The summed E-state index contributed by atoms with van der Waals surface area (Å²) in [6, 6.07) is 14.5. The second-order valence-electron chi connectivity index (χ2n) is 4.86. The topological polar surface area (TPSA) is 72.2 Å². The third-order valence-corrected chi connectivity index (χ3v) is 3.25. The fraction of sp³-hybridized carbons (Fsp3) is 0.111. The zero-order valence-electron chi connectivity index (χ0n) is 12.4. The molecule has 0 bridgehead atoms. The van der Waals surface area contributed by atoms with Gasteiger partial charge in [0.1, 0.15) is 0 Å². The van der Waals surface area contributed by atoms with Crippen LogP contribution in [0.25, 0.3) is 6.08 Å². The van der Waals surface area contributed by atoms with Crippen molar-refractivity contribution in [3.8, 4) is 0 Å². The van der Waals surface area contributed by atoms with E-state index in [0.717, 1.165) is 12.0 Å². The number of rotatable bonds is 5. The first-order valence-electron chi connectivity index (χ1n) is 7.06. The first-order valence-corrected chi connectivity index (χ1v) is 7.06. The van der Waals surface area contributed by atoms with Gasteiger partial charge in [-0.05, 0) is 47.9 Å². The number of aryl methyl sites for hydroxylation is 1. The standard InChI is InChI=1S/C18H18N2O2/c1-2-13-3-5-14(6-4-13)7-12-17(21)20-16-10-8-15(9-11-16)18(19)22/h3-12H,2H2,1H3,(H2,19,22)(H,20,21). The van der Waals surface area contributed by atoms with Crippen LogP contribution in [0.3, 0.4) is 0 Å². The lowest BCUT2D eigenvalue weighted by molar-refractivity contribution is -0.111. The summed E-state index contributed by atoms with van der Waals surface area (Å²) in [5.41, 5.74) is 8.41. The van der Waals surface area contributed by atoms with Crippen molar-refractivity contribution in [1.29, 1.82) is 0 Å². The Labute approximate surface area is 129 Å². The molecule has 0 saturated heterocycles. The van der Waals surface area contributed by atoms with Gasteiger partial charge in [0.25, 0.3) is 0 Å². The molecule has 0 atom stereocenters. The minimum Gasteiger partial charge on any atom is -0.366 e. The first kappa shape index (κ1) is 15.5. The number of hydrogen-bond acceptors (Lipinski definition) is 2. The maximum atomic E-state index is 11.8. The van der Waals surface area contributed by atoms with Gasteiger partial charge in [-0.15, -0.1) is 0 Å². The number of anilines is 1. The number of nitrogens with one attached hydrogen (secondary N) is 1. The fourth-order valence-electron chi connectivity index (χ4n) is 1.94. The molecule has 0 aliphatic rings. The molecule has 0 aliphatic heterocycles. The van der Waals surface area contributed by atoms with Crippen LogP contribution >= 0.6 is 0 Å². The molecule has 22 heavy (non-hydrogen) atoms. The van der Waals surface area contributed by atoms with Gasteiger partial charge in [-0.25, -0.2) is 0 Å². The summed E-state index contributed by atoms with van der Waals surface area (Å²) in [5.74, 6) is -0.723. The molecule has 4 heteroatoms. The average Bonchev–Trinajstić information content (AvgIpc) is 2.54. The van der Waals surface area contributed by atoms with Crippen molar-refractivity contribution < 1.29 is 9.59 Å². The number of benzene rings is 2. The summed E-state index contributed by atoms with van der Waals surface area (Å²) in [5, 5.41) is 2.72. The Hall–Kier alpha value is -2.88. The molecule has 2 aromatic carbocycles. The minimum absolute atomic E-state index is 0.230. The third kappa shape index (κ3) is 4.31. The second kappa shape index (κ2) is 7.22. The van der Waals surface area contributed by atoms with Crippen LogP contribution in [0.15, 0.2) is 54.6 Å². The molecule has 2 rings (SSSR count). The SMILES string of the molecule is CCc1ccc(C=CC(=O)Nc2ccc(C(N)=O)cc2)cc1. The Morgan fingerprint density at radius 3 is 2.23 bits per heavy atom. The molecule has 3 N–H and O–H groups in total. The van der Waals surface area contributed by atoms with E-state index in [-0.39, 0.29) is 5.91 Å². The Balaban J connectivity index is 1.96. The van der Waals surface area contributed by atoms with E-state index in [9.17, 15) is 9.59 Å². The molecule has 0 radical (unpaired) electrons. The van der Waals surface area contributed by atoms with Gasteiger partial charge >= 0.3 is 0 Å². The monoisotopic (exact) mass is 294 g/mol. The predicted octanol–water partition coefficient (Wildman–Crippen LogP) is 3.00. The Morgan fingerprint density at radius 1 is 1.05 bits per heavy atom. The minimum atomic E-state index is -0.492. The van der Waals surface area contributed by atoms with Crippen LogP contribution < -0.4 is 11.1 Å². The summed E-state index contributed by atoms with van der Waals surface area (Å²) in [6.07, 6.45) is 4.22. The van der Waals surface area contributed by atoms with Crippen molar-refractivity contribution in [2.24, 2.45) is 5.73 Å². The Kier molecular flexibility index (Phi) is 5.09. The van der Waals surface area contributed by atoms with Crippen molar-refractivity contribution in [2.45, 2.75) is 13.3 Å². The second-order valence-corrected chi connectivity index (χ2v) is 4.86. The summed E-state index contributed by atoms with van der Waals surface area (Å²) in [7, 11) is 0. The van der Waals surface area contributed by atoms with E-state index in [1.54, 1.807) is 30.3 Å². The molecular formula is C18H18N2O2. The Morgan fingerprint density at radius 2 is 1.68 bits per heavy atom. The van der Waals surface area contributed by atoms with Crippen molar-refractivity contribution in [1.82, 2.24) is 0 Å². The lowest BCUT2D eigenvalue weighted by atomic mass is 10.1. The van der Waals surface area contributed by atoms with E-state index in [1.807, 2.05) is 24.3 Å². The van der Waals surface area contributed by atoms with E-state index < -0.39 is 5.91 Å². The van der Waals surface area contributed by atoms with E-state index >= 15 is 0 Å². The average molecular weight is 294 g/mol. The normalized spacial score (nSPS) is 10.6. The Bertz CT molecular complexity index is 686. The molecule has 0 spiro atoms. The maximum absolute atomic E-state index is 11.8. The highest BCUT2D eigenvalue weighted by molar-refractivity contribution is 6.02. The first-order chi connectivity index (χ1) is 10.6. The van der Waals surface area contributed by atoms with Crippen molar-refractivity contribution in [3.63, 3.8) is 0 Å². The van der Waals surface area contributed by atoms with Crippen LogP contribution in [-0.4, -0.2) is 11.8 Å². The number of nitrogens with two attached hydrogens (primary N) is 1. The lowest BCUT2D eigenvalue weighted by Crippen LogP contribution is -2.11. The van der Waals surface area contributed by atoms with Crippen LogP contribution in [0.5, 0.6) is 0 Å². The molecule has 0 saturated carbocycles. The smallest absolute Gasteiger partial charge is 0.248 e. The van der Waals surface area contributed by atoms with Gasteiger partial charge < -0.3 is 11.1 Å². The number of amides is 2. The molecule has 0 heterocycles. The van der Waals surface area contributed by atoms with Crippen LogP contribution in [0.1, 0.15) is 28.4 Å². The zero-order valence-corrected chi connectivity index (χ0v) is 12.4. The number of hydrogen-bond donors (Lipinski definition) is 2. The molecular weight excluding hydrogens is 276 g/mol. The number of primary amides is 1. The molecule has 112 valence electrons. The molecule has 2 aromatic rings. The van der Waals surface area contributed by atoms with Gasteiger partial charge in [0.05, 0.1) is 0 Å².